The summed E-state index contributed by atoms with van der Waals surface area (Å²) in [4.78, 5) is 21.5. The van der Waals surface area contributed by atoms with Gasteiger partial charge in [-0.15, -0.1) is 11.3 Å². The lowest BCUT2D eigenvalue weighted by molar-refractivity contribution is -0.0948. The number of rotatable bonds is 2. The molecule has 0 aromatic carbocycles. The Bertz CT molecular complexity index is 1070. The van der Waals surface area contributed by atoms with E-state index in [0.29, 0.717) is 21.7 Å². The number of anilines is 1. The summed E-state index contributed by atoms with van der Waals surface area (Å²) in [5.41, 5.74) is 0.278. The summed E-state index contributed by atoms with van der Waals surface area (Å²) in [5.74, 6) is 0.140. The molecule has 10 heteroatoms. The highest BCUT2D eigenvalue weighted by molar-refractivity contribution is 7.12. The van der Waals surface area contributed by atoms with Gasteiger partial charge in [0.1, 0.15) is 40.5 Å². The lowest BCUT2D eigenvalue weighted by atomic mass is 9.96. The molecule has 27 heavy (non-hydrogen) atoms. The summed E-state index contributed by atoms with van der Waals surface area (Å²) in [6.07, 6.45) is -0.0990. The molecule has 140 valence electrons. The van der Waals surface area contributed by atoms with Gasteiger partial charge in [-0.05, 0) is 18.4 Å². The molecule has 5 rings (SSSR count). The monoisotopic (exact) mass is 388 g/mol. The fraction of sp³-hybridized carbons (Fsp3) is 0.353. The predicted octanol–water partition coefficient (Wildman–Crippen LogP) is 0.727. The van der Waals surface area contributed by atoms with Crippen molar-refractivity contribution in [1.29, 1.82) is 0 Å². The summed E-state index contributed by atoms with van der Waals surface area (Å²) in [6.45, 7) is 1.03. The van der Waals surface area contributed by atoms with Gasteiger partial charge in [0.15, 0.2) is 6.23 Å². The number of amides is 1. The predicted molar refractivity (Wildman–Crippen MR) is 96.4 cm³/mol. The SMILES string of the molecule is C[C@@]1(O)C(n2cc3c4c(ncnc42)NC(=O)c2sccc2-3)O[C@H](CO)[C@H]1O. The number of aliphatic hydroxyl groups is 3. The number of nitrogens with zero attached hydrogens (tertiary/aromatic N) is 3. The zero-order valence-corrected chi connectivity index (χ0v) is 15.0. The zero-order chi connectivity index (χ0) is 18.9. The van der Waals surface area contributed by atoms with E-state index in [1.807, 2.05) is 11.4 Å². The van der Waals surface area contributed by atoms with Crippen molar-refractivity contribution in [3.05, 3.63) is 28.8 Å². The third-order valence-electron chi connectivity index (χ3n) is 5.19. The maximum absolute atomic E-state index is 12.4. The number of aromatic nitrogens is 3. The topological polar surface area (TPSA) is 130 Å². The molecule has 4 N–H and O–H groups in total. The maximum Gasteiger partial charge on any atom is 0.267 e. The molecule has 5 heterocycles. The van der Waals surface area contributed by atoms with Crippen molar-refractivity contribution in [3.8, 4) is 11.1 Å². The second-order valence-electron chi connectivity index (χ2n) is 6.87. The van der Waals surface area contributed by atoms with Crippen LogP contribution in [0.25, 0.3) is 22.2 Å². The van der Waals surface area contributed by atoms with Crippen LogP contribution in [0, 0.1) is 0 Å². The molecule has 4 atom stereocenters. The Hall–Kier alpha value is -2.37. The number of thiophene rings is 1. The Morgan fingerprint density at radius 1 is 1.41 bits per heavy atom. The van der Waals surface area contributed by atoms with Crippen molar-refractivity contribution in [2.45, 2.75) is 31.0 Å². The van der Waals surface area contributed by atoms with Crippen LogP contribution in [0.2, 0.25) is 0 Å². The van der Waals surface area contributed by atoms with E-state index in [4.69, 9.17) is 4.74 Å². The summed E-state index contributed by atoms with van der Waals surface area (Å²) in [7, 11) is 0. The minimum absolute atomic E-state index is 0.234. The minimum Gasteiger partial charge on any atom is -0.394 e. The molecule has 9 nitrogen and oxygen atoms in total. The third-order valence-corrected chi connectivity index (χ3v) is 6.10. The molecule has 0 saturated carbocycles. The summed E-state index contributed by atoms with van der Waals surface area (Å²) >= 11 is 1.32. The Labute approximate surface area is 156 Å². The second kappa shape index (κ2) is 5.57. The number of fused-ring (bicyclic) bond motifs is 2. The van der Waals surface area contributed by atoms with Crippen LogP contribution in [0.3, 0.4) is 0 Å². The van der Waals surface area contributed by atoms with Crippen LogP contribution in [0.1, 0.15) is 22.8 Å². The summed E-state index contributed by atoms with van der Waals surface area (Å²) in [5, 5.41) is 35.9. The molecule has 2 aliphatic heterocycles. The van der Waals surface area contributed by atoms with Gasteiger partial charge in [0, 0.05) is 17.3 Å². The molecule has 1 fully saturated rings. The van der Waals surface area contributed by atoms with Crippen molar-refractivity contribution in [2.75, 3.05) is 11.9 Å². The number of carbonyl (C=O) groups is 1. The van der Waals surface area contributed by atoms with E-state index in [-0.39, 0.29) is 5.91 Å². The molecule has 0 spiro atoms. The molecule has 0 radical (unpaired) electrons. The highest BCUT2D eigenvalue weighted by atomic mass is 32.1. The fourth-order valence-corrected chi connectivity index (χ4v) is 4.62. The van der Waals surface area contributed by atoms with Gasteiger partial charge in [-0.1, -0.05) is 0 Å². The van der Waals surface area contributed by atoms with Gasteiger partial charge in [0.05, 0.1) is 12.0 Å². The van der Waals surface area contributed by atoms with E-state index >= 15 is 0 Å². The van der Waals surface area contributed by atoms with Gasteiger partial charge in [-0.25, -0.2) is 9.97 Å². The normalized spacial score (nSPS) is 29.6. The molecular weight excluding hydrogens is 372 g/mol. The van der Waals surface area contributed by atoms with Gasteiger partial charge < -0.3 is 29.9 Å². The minimum atomic E-state index is -1.65. The average Bonchev–Trinajstić information content (AvgIpc) is 3.29. The van der Waals surface area contributed by atoms with Crippen LogP contribution >= 0.6 is 11.3 Å². The van der Waals surface area contributed by atoms with Gasteiger partial charge in [0.25, 0.3) is 5.91 Å². The van der Waals surface area contributed by atoms with Gasteiger partial charge in [-0.3, -0.25) is 4.79 Å². The van der Waals surface area contributed by atoms with Crippen LogP contribution in [0.15, 0.2) is 24.0 Å². The molecule has 1 saturated heterocycles. The molecule has 3 aromatic rings. The first-order valence-electron chi connectivity index (χ1n) is 8.35. The van der Waals surface area contributed by atoms with Gasteiger partial charge in [-0.2, -0.15) is 0 Å². The molecule has 3 aromatic heterocycles. The van der Waals surface area contributed by atoms with Crippen LogP contribution in [-0.4, -0.2) is 60.2 Å². The first-order valence-corrected chi connectivity index (χ1v) is 9.23. The average molecular weight is 388 g/mol. The van der Waals surface area contributed by atoms with Crippen molar-refractivity contribution >= 4 is 34.1 Å². The Kier molecular flexibility index (Phi) is 3.46. The van der Waals surface area contributed by atoms with Crippen molar-refractivity contribution in [3.63, 3.8) is 0 Å². The molecular formula is C17H16N4O5S. The number of ether oxygens (including phenoxy) is 1. The molecule has 1 unspecified atom stereocenters. The first-order chi connectivity index (χ1) is 12.9. The number of hydrogen-bond acceptors (Lipinski definition) is 8. The standard InChI is InChI=1S/C17H16N4O5S/c1-17(25)12(23)9(5-22)26-16(17)21-4-8-7-2-3-27-11(7)15(24)20-13-10(8)14(21)19-6-18-13/h2-4,6,9,12,16,22-23,25H,5H2,1H3,(H,18,19,20,24)/t9-,12-,16?,17+/m1/s1. The van der Waals surface area contributed by atoms with Gasteiger partial charge >= 0.3 is 0 Å². The number of carbonyl (C=O) groups excluding carboxylic acids is 1. The van der Waals surface area contributed by atoms with Gasteiger partial charge in [0.2, 0.25) is 0 Å². The third kappa shape index (κ3) is 2.15. The first kappa shape index (κ1) is 16.8. The highest BCUT2D eigenvalue weighted by Gasteiger charge is 2.53. The van der Waals surface area contributed by atoms with Crippen LogP contribution in [0.5, 0.6) is 0 Å². The number of aliphatic hydroxyl groups excluding tert-OH is 2. The Morgan fingerprint density at radius 2 is 2.22 bits per heavy atom. The number of nitrogens with one attached hydrogen (secondary N) is 1. The van der Waals surface area contributed by atoms with Crippen molar-refractivity contribution < 1.29 is 24.9 Å². The number of hydrogen-bond donors (Lipinski definition) is 4. The molecule has 0 bridgehead atoms. The zero-order valence-electron chi connectivity index (χ0n) is 14.2. The Morgan fingerprint density at radius 3 is 2.96 bits per heavy atom. The molecule has 1 amide bonds. The lowest BCUT2D eigenvalue weighted by Crippen LogP contribution is -2.44. The van der Waals surface area contributed by atoms with E-state index < -0.39 is 30.6 Å². The fourth-order valence-electron chi connectivity index (χ4n) is 3.81. The molecule has 0 aliphatic carbocycles. The van der Waals surface area contributed by atoms with Crippen LogP contribution < -0.4 is 5.32 Å². The van der Waals surface area contributed by atoms with E-state index in [9.17, 15) is 20.1 Å². The van der Waals surface area contributed by atoms with Crippen molar-refractivity contribution in [2.24, 2.45) is 0 Å². The van der Waals surface area contributed by atoms with Crippen LogP contribution in [0.4, 0.5) is 5.82 Å². The largest absolute Gasteiger partial charge is 0.394 e. The summed E-state index contributed by atoms with van der Waals surface area (Å²) in [6, 6.07) is 1.85. The maximum atomic E-state index is 12.4. The van der Waals surface area contributed by atoms with E-state index in [1.165, 1.54) is 24.6 Å². The van der Waals surface area contributed by atoms with Crippen molar-refractivity contribution in [1.82, 2.24) is 14.5 Å². The highest BCUT2D eigenvalue weighted by Crippen LogP contribution is 2.45. The quantitative estimate of drug-likeness (QED) is 0.509. The van der Waals surface area contributed by atoms with E-state index in [0.717, 1.165) is 11.1 Å². The summed E-state index contributed by atoms with van der Waals surface area (Å²) < 4.78 is 7.36. The van der Waals surface area contributed by atoms with E-state index in [2.05, 4.69) is 15.3 Å². The second-order valence-corrected chi connectivity index (χ2v) is 7.78. The smallest absolute Gasteiger partial charge is 0.267 e. The lowest BCUT2D eigenvalue weighted by Gasteiger charge is -2.27. The van der Waals surface area contributed by atoms with E-state index in [1.54, 1.807) is 10.8 Å². The Balaban J connectivity index is 1.77. The molecule has 2 aliphatic rings. The van der Waals surface area contributed by atoms with Crippen LogP contribution in [-0.2, 0) is 4.74 Å².